The van der Waals surface area contributed by atoms with Crippen molar-refractivity contribution >= 4 is 20.7 Å². The van der Waals surface area contributed by atoms with Crippen LogP contribution in [0.1, 0.15) is 26.2 Å². The Hall–Kier alpha value is -2.04. The van der Waals surface area contributed by atoms with Crippen LogP contribution in [0.25, 0.3) is 5.53 Å². The van der Waals surface area contributed by atoms with E-state index >= 15 is 0 Å². The third kappa shape index (κ3) is 3.98. The molecule has 0 atom stereocenters. The Kier molecular flexibility index (Phi) is 6.03. The zero-order valence-electron chi connectivity index (χ0n) is 11.2. The molecule has 0 amide bonds. The molecule has 0 fully saturated rings. The van der Waals surface area contributed by atoms with Gasteiger partial charge in [0.1, 0.15) is 0 Å². The molecule has 6 heteroatoms. The van der Waals surface area contributed by atoms with Crippen molar-refractivity contribution in [3.63, 3.8) is 0 Å². The highest BCUT2D eigenvalue weighted by molar-refractivity contribution is 8.08. The average Bonchev–Trinajstić information content (AvgIpc) is 2.45. The topological polar surface area (TPSA) is 87.6 Å². The number of unbranched alkanes of at least 4 members (excludes halogenated alkanes) is 1. The number of hydrogen-bond donors (Lipinski definition) is 0. The largest absolute Gasteiger partial charge is 0.451 e. The van der Waals surface area contributed by atoms with Gasteiger partial charge in [-0.1, -0.05) is 30.4 Å². The Balaban J connectivity index is 2.92. The van der Waals surface area contributed by atoms with Crippen LogP contribution in [0.5, 0.6) is 0 Å². The summed E-state index contributed by atoms with van der Waals surface area (Å²) in [5.41, 5.74) is 8.87. The first-order valence-corrected chi connectivity index (χ1v) is 7.69. The Morgan fingerprint density at radius 3 is 2.50 bits per heavy atom. The van der Waals surface area contributed by atoms with Gasteiger partial charge in [0.25, 0.3) is 15.6 Å². The van der Waals surface area contributed by atoms with E-state index in [-0.39, 0.29) is 11.3 Å². The number of nitrogens with zero attached hydrogens (tertiary/aromatic N) is 2. The summed E-state index contributed by atoms with van der Waals surface area (Å²) >= 11 is 0. The molecule has 0 aliphatic rings. The number of ketones is 1. The van der Waals surface area contributed by atoms with Gasteiger partial charge in [0.05, 0.1) is 4.90 Å². The molecule has 0 aliphatic heterocycles. The molecule has 20 heavy (non-hydrogen) atoms. The predicted molar refractivity (Wildman–Crippen MR) is 75.9 cm³/mol. The van der Waals surface area contributed by atoms with Gasteiger partial charge in [-0.3, -0.25) is 4.79 Å². The molecule has 106 valence electrons. The van der Waals surface area contributed by atoms with Gasteiger partial charge in [-0.15, -0.1) is 4.79 Å². The van der Waals surface area contributed by atoms with E-state index in [9.17, 15) is 13.2 Å². The summed E-state index contributed by atoms with van der Waals surface area (Å²) in [7, 11) is -4.06. The first-order valence-electron chi connectivity index (χ1n) is 6.20. The molecule has 0 radical (unpaired) electrons. The first kappa shape index (κ1) is 16.0. The molecule has 1 aromatic rings. The molecule has 1 rings (SSSR count). The molecule has 0 N–H and O–H groups in total. The molecule has 0 bridgehead atoms. The summed E-state index contributed by atoms with van der Waals surface area (Å²) < 4.78 is 24.3. The SMILES string of the molecule is CC=CCCCC(=O)C(=[N+]=[N-])S(=O)(=O)c1ccccc1. The van der Waals surface area contributed by atoms with Crippen molar-refractivity contribution in [2.75, 3.05) is 0 Å². The molecular weight excluding hydrogens is 276 g/mol. The van der Waals surface area contributed by atoms with E-state index in [0.717, 1.165) is 0 Å². The minimum atomic E-state index is -4.06. The zero-order valence-corrected chi connectivity index (χ0v) is 12.0. The van der Waals surface area contributed by atoms with Crippen molar-refractivity contribution < 1.29 is 18.0 Å². The lowest BCUT2D eigenvalue weighted by Gasteiger charge is -1.99. The van der Waals surface area contributed by atoms with Gasteiger partial charge >= 0.3 is 5.04 Å². The summed E-state index contributed by atoms with van der Waals surface area (Å²) in [4.78, 5) is 14.5. The highest BCUT2D eigenvalue weighted by Gasteiger charge is 2.36. The summed E-state index contributed by atoms with van der Waals surface area (Å²) in [6, 6.07) is 7.45. The Morgan fingerprint density at radius 1 is 1.30 bits per heavy atom. The number of rotatable bonds is 6. The van der Waals surface area contributed by atoms with E-state index in [2.05, 4.69) is 4.79 Å². The normalized spacial score (nSPS) is 11.2. The van der Waals surface area contributed by atoms with Gasteiger partial charge in [0.15, 0.2) is 0 Å². The van der Waals surface area contributed by atoms with Gasteiger partial charge in [-0.2, -0.15) is 0 Å². The summed E-state index contributed by atoms with van der Waals surface area (Å²) in [5.74, 6) is -0.680. The molecule has 1 aromatic carbocycles. The molecule has 0 spiro atoms. The molecular formula is C14H16N2O3S. The molecule has 0 aliphatic carbocycles. The Labute approximate surface area is 118 Å². The van der Waals surface area contributed by atoms with Crippen LogP contribution in [-0.4, -0.2) is 24.0 Å². The van der Waals surface area contributed by atoms with Crippen LogP contribution < -0.4 is 0 Å². The highest BCUT2D eigenvalue weighted by Crippen LogP contribution is 2.13. The second kappa shape index (κ2) is 7.53. The van der Waals surface area contributed by atoms with Crippen molar-refractivity contribution in [2.24, 2.45) is 0 Å². The van der Waals surface area contributed by atoms with Crippen molar-refractivity contribution in [2.45, 2.75) is 31.1 Å². The van der Waals surface area contributed by atoms with Gasteiger partial charge < -0.3 is 5.53 Å². The number of Topliss-reactive ketones (excluding diaryl/α,β-unsaturated/α-hetero) is 1. The van der Waals surface area contributed by atoms with Crippen LogP contribution in [0.2, 0.25) is 0 Å². The monoisotopic (exact) mass is 292 g/mol. The fourth-order valence-corrected chi connectivity index (χ4v) is 2.87. The van der Waals surface area contributed by atoms with Gasteiger partial charge in [-0.25, -0.2) is 8.42 Å². The third-order valence-electron chi connectivity index (χ3n) is 2.65. The standard InChI is InChI=1S/C14H16N2O3S/c1-2-3-4-8-11-13(17)14(16-15)20(18,19)12-9-6-5-7-10-12/h2-3,5-7,9-10H,4,8,11H2,1H3. The minimum absolute atomic E-state index is 0.0236. The fraction of sp³-hybridized carbons (Fsp3) is 0.286. The van der Waals surface area contributed by atoms with E-state index < -0.39 is 20.7 Å². The number of sulfone groups is 1. The molecule has 0 saturated carbocycles. The molecule has 0 aromatic heterocycles. The highest BCUT2D eigenvalue weighted by atomic mass is 32.2. The van der Waals surface area contributed by atoms with Gasteiger partial charge in [0, 0.05) is 6.42 Å². The van der Waals surface area contributed by atoms with Crippen LogP contribution in [-0.2, 0) is 14.6 Å². The first-order chi connectivity index (χ1) is 9.54. The van der Waals surface area contributed by atoms with Crippen molar-refractivity contribution in [3.8, 4) is 0 Å². The van der Waals surface area contributed by atoms with Crippen LogP contribution in [0, 0.1) is 0 Å². The molecule has 0 saturated heterocycles. The van der Waals surface area contributed by atoms with Crippen LogP contribution in [0.15, 0.2) is 47.4 Å². The second-order valence-corrected chi connectivity index (χ2v) is 5.97. The quantitative estimate of drug-likeness (QED) is 0.201. The maximum absolute atomic E-state index is 12.2. The van der Waals surface area contributed by atoms with Crippen molar-refractivity contribution in [3.05, 3.63) is 48.0 Å². The zero-order chi connectivity index (χ0) is 15.0. The van der Waals surface area contributed by atoms with E-state index in [1.807, 2.05) is 19.1 Å². The number of carbonyl (C=O) groups is 1. The van der Waals surface area contributed by atoms with Crippen LogP contribution >= 0.6 is 0 Å². The summed E-state index contributed by atoms with van der Waals surface area (Å²) in [6.45, 7) is 1.86. The van der Waals surface area contributed by atoms with Crippen molar-refractivity contribution in [1.29, 1.82) is 0 Å². The second-order valence-electron chi connectivity index (χ2n) is 4.11. The Bertz CT molecular complexity index is 642. The predicted octanol–water partition coefficient (Wildman–Crippen LogP) is 2.40. The summed E-state index contributed by atoms with van der Waals surface area (Å²) in [6.07, 6.45) is 4.94. The average molecular weight is 292 g/mol. The summed E-state index contributed by atoms with van der Waals surface area (Å²) in [5, 5.41) is -0.802. The molecule has 0 unspecified atom stereocenters. The van der Waals surface area contributed by atoms with E-state index in [1.165, 1.54) is 12.1 Å². The van der Waals surface area contributed by atoms with Crippen LogP contribution in [0.3, 0.4) is 0 Å². The smallest absolute Gasteiger partial charge is 0.360 e. The number of benzene rings is 1. The lowest BCUT2D eigenvalue weighted by molar-refractivity contribution is -0.116. The number of allylic oxidation sites excluding steroid dienone is 2. The lowest BCUT2D eigenvalue weighted by Crippen LogP contribution is -2.25. The third-order valence-corrected chi connectivity index (χ3v) is 4.36. The van der Waals surface area contributed by atoms with Gasteiger partial charge in [0.2, 0.25) is 0 Å². The number of hydrogen-bond acceptors (Lipinski definition) is 3. The van der Waals surface area contributed by atoms with Crippen molar-refractivity contribution in [1.82, 2.24) is 0 Å². The van der Waals surface area contributed by atoms with Gasteiger partial charge in [-0.05, 0) is 31.9 Å². The van der Waals surface area contributed by atoms with E-state index in [4.69, 9.17) is 5.53 Å². The maximum atomic E-state index is 12.2. The van der Waals surface area contributed by atoms with Crippen LogP contribution in [0.4, 0.5) is 0 Å². The lowest BCUT2D eigenvalue weighted by atomic mass is 10.2. The van der Waals surface area contributed by atoms with E-state index in [0.29, 0.717) is 12.8 Å². The fourth-order valence-electron chi connectivity index (χ4n) is 1.62. The maximum Gasteiger partial charge on any atom is 0.451 e. The minimum Gasteiger partial charge on any atom is -0.360 e. The number of carbonyl (C=O) groups excluding carboxylic acids is 1. The molecule has 5 nitrogen and oxygen atoms in total. The molecule has 0 heterocycles. The Morgan fingerprint density at radius 2 is 1.95 bits per heavy atom. The van der Waals surface area contributed by atoms with E-state index in [1.54, 1.807) is 18.2 Å².